The lowest BCUT2D eigenvalue weighted by molar-refractivity contribution is -0.173. The van der Waals surface area contributed by atoms with E-state index in [0.29, 0.717) is 19.6 Å². The van der Waals surface area contributed by atoms with Crippen LogP contribution in [0, 0.1) is 0 Å². The standard InChI is InChI=1S/C17H35F3N3O3P/c1-13(2)23(14(3)4)27(26-15(5)12-21)25-11-9-7-6-8-10-22-16(24)17(18,19)20/h13-15H,6-12,21H2,1-5H3,(H,22,24). The molecule has 2 atom stereocenters. The number of unbranched alkanes of at least 4 members (excludes halogenated alkanes) is 3. The SMILES string of the molecule is CC(CN)OP(OCCCCCCNC(=O)C(F)(F)F)N(C(C)C)C(C)C. The van der Waals surface area contributed by atoms with Crippen LogP contribution in [0.1, 0.15) is 60.3 Å². The first-order chi connectivity index (χ1) is 12.5. The molecule has 0 spiro atoms. The molecular weight excluding hydrogens is 382 g/mol. The summed E-state index contributed by atoms with van der Waals surface area (Å²) in [4.78, 5) is 10.7. The van der Waals surface area contributed by atoms with Crippen molar-refractivity contribution in [2.75, 3.05) is 19.7 Å². The Kier molecular flexibility index (Phi) is 13.4. The smallest absolute Gasteiger partial charge is 0.348 e. The first-order valence-electron chi connectivity index (χ1n) is 9.43. The molecule has 0 rings (SSSR count). The maximum Gasteiger partial charge on any atom is 0.471 e. The van der Waals surface area contributed by atoms with Crippen molar-refractivity contribution in [3.63, 3.8) is 0 Å². The molecular formula is C17H35F3N3O3P. The summed E-state index contributed by atoms with van der Waals surface area (Å²) >= 11 is 0. The minimum atomic E-state index is -4.82. The van der Waals surface area contributed by atoms with Crippen LogP contribution in [0.15, 0.2) is 0 Å². The van der Waals surface area contributed by atoms with E-state index < -0.39 is 20.6 Å². The van der Waals surface area contributed by atoms with Crippen molar-refractivity contribution in [2.24, 2.45) is 5.73 Å². The molecule has 162 valence electrons. The zero-order valence-corrected chi connectivity index (χ0v) is 17.9. The third kappa shape index (κ3) is 11.9. The molecule has 1 amide bonds. The number of nitrogens with two attached hydrogens (primary N) is 1. The van der Waals surface area contributed by atoms with Crippen molar-refractivity contribution in [3.05, 3.63) is 0 Å². The van der Waals surface area contributed by atoms with E-state index in [2.05, 4.69) is 32.4 Å². The summed E-state index contributed by atoms with van der Waals surface area (Å²) in [7, 11) is -1.23. The summed E-state index contributed by atoms with van der Waals surface area (Å²) in [5, 5.41) is 1.87. The molecule has 0 aliphatic carbocycles. The lowest BCUT2D eigenvalue weighted by Crippen LogP contribution is -2.37. The molecule has 0 aromatic carbocycles. The summed E-state index contributed by atoms with van der Waals surface area (Å²) in [5.74, 6) is -1.88. The normalized spacial score (nSPS) is 14.8. The monoisotopic (exact) mass is 417 g/mol. The number of nitrogens with one attached hydrogen (secondary N) is 1. The van der Waals surface area contributed by atoms with E-state index in [0.717, 1.165) is 19.3 Å². The Morgan fingerprint density at radius 1 is 1.07 bits per heavy atom. The summed E-state index contributed by atoms with van der Waals surface area (Å²) in [6, 6.07) is 0.525. The van der Waals surface area contributed by atoms with Crippen LogP contribution < -0.4 is 11.1 Å². The zero-order valence-electron chi connectivity index (χ0n) is 17.0. The molecule has 0 aromatic rings. The van der Waals surface area contributed by atoms with Gasteiger partial charge in [0.25, 0.3) is 8.53 Å². The van der Waals surface area contributed by atoms with Gasteiger partial charge in [-0.25, -0.2) is 4.67 Å². The third-order valence-electron chi connectivity index (χ3n) is 3.66. The van der Waals surface area contributed by atoms with Crippen molar-refractivity contribution in [2.45, 2.75) is 84.7 Å². The van der Waals surface area contributed by atoms with E-state index in [4.69, 9.17) is 14.8 Å². The first-order valence-corrected chi connectivity index (χ1v) is 10.6. The highest BCUT2D eigenvalue weighted by Crippen LogP contribution is 2.47. The Bertz CT molecular complexity index is 405. The van der Waals surface area contributed by atoms with E-state index in [1.54, 1.807) is 0 Å². The number of carbonyl (C=O) groups is 1. The van der Waals surface area contributed by atoms with Crippen LogP contribution in [0.4, 0.5) is 13.2 Å². The van der Waals surface area contributed by atoms with Crippen LogP contribution in [0.3, 0.4) is 0 Å². The van der Waals surface area contributed by atoms with E-state index in [9.17, 15) is 18.0 Å². The molecule has 0 heterocycles. The quantitative estimate of drug-likeness (QED) is 0.331. The van der Waals surface area contributed by atoms with E-state index >= 15 is 0 Å². The van der Waals surface area contributed by atoms with Crippen molar-refractivity contribution < 1.29 is 27.0 Å². The average molecular weight is 417 g/mol. The van der Waals surface area contributed by atoms with Crippen LogP contribution >= 0.6 is 8.53 Å². The van der Waals surface area contributed by atoms with Gasteiger partial charge in [-0.2, -0.15) is 13.2 Å². The van der Waals surface area contributed by atoms with Gasteiger partial charge in [-0.05, 0) is 47.5 Å². The molecule has 0 saturated heterocycles. The molecule has 0 aliphatic rings. The topological polar surface area (TPSA) is 76.8 Å². The molecule has 0 radical (unpaired) electrons. The lowest BCUT2D eigenvalue weighted by atomic mass is 10.2. The predicted molar refractivity (Wildman–Crippen MR) is 102 cm³/mol. The van der Waals surface area contributed by atoms with Crippen molar-refractivity contribution in [1.82, 2.24) is 9.99 Å². The third-order valence-corrected chi connectivity index (χ3v) is 5.91. The molecule has 0 bridgehead atoms. The highest BCUT2D eigenvalue weighted by molar-refractivity contribution is 7.44. The van der Waals surface area contributed by atoms with Gasteiger partial charge in [0.2, 0.25) is 0 Å². The number of amides is 1. The van der Waals surface area contributed by atoms with Crippen LogP contribution in [0.2, 0.25) is 0 Å². The Balaban J connectivity index is 4.17. The minimum Gasteiger partial charge on any atom is -0.348 e. The van der Waals surface area contributed by atoms with E-state index in [-0.39, 0.29) is 24.7 Å². The van der Waals surface area contributed by atoms with Gasteiger partial charge in [-0.15, -0.1) is 0 Å². The molecule has 6 nitrogen and oxygen atoms in total. The van der Waals surface area contributed by atoms with E-state index in [1.165, 1.54) is 0 Å². The average Bonchev–Trinajstić information content (AvgIpc) is 2.54. The fraction of sp³-hybridized carbons (Fsp3) is 0.941. The number of hydrogen-bond donors (Lipinski definition) is 2. The van der Waals surface area contributed by atoms with Gasteiger partial charge in [0.1, 0.15) is 0 Å². The maximum atomic E-state index is 12.0. The number of carbonyl (C=O) groups excluding carboxylic acids is 1. The Morgan fingerprint density at radius 2 is 1.63 bits per heavy atom. The summed E-state index contributed by atoms with van der Waals surface area (Å²) < 4.78 is 50.3. The fourth-order valence-corrected chi connectivity index (χ4v) is 4.08. The summed E-state index contributed by atoms with van der Waals surface area (Å²) in [6.45, 7) is 11.2. The maximum absolute atomic E-state index is 12.0. The van der Waals surface area contributed by atoms with Gasteiger partial charge in [0.05, 0.1) is 12.7 Å². The minimum absolute atomic E-state index is 0.0253. The van der Waals surface area contributed by atoms with Gasteiger partial charge < -0.3 is 20.1 Å². The van der Waals surface area contributed by atoms with Crippen molar-refractivity contribution in [1.29, 1.82) is 0 Å². The number of nitrogens with zero attached hydrogens (tertiary/aromatic N) is 1. The second-order valence-electron chi connectivity index (χ2n) is 6.96. The molecule has 0 fully saturated rings. The number of rotatable bonds is 14. The molecule has 0 saturated carbocycles. The van der Waals surface area contributed by atoms with Gasteiger partial charge in [-0.1, -0.05) is 12.8 Å². The predicted octanol–water partition coefficient (Wildman–Crippen LogP) is 3.95. The van der Waals surface area contributed by atoms with E-state index in [1.807, 2.05) is 12.2 Å². The molecule has 0 aromatic heterocycles. The summed E-state index contributed by atoms with van der Waals surface area (Å²) in [6.07, 6.45) is -2.12. The first kappa shape index (κ1) is 26.5. The zero-order chi connectivity index (χ0) is 21.0. The molecule has 10 heteroatoms. The van der Waals surface area contributed by atoms with Crippen LogP contribution in [-0.2, 0) is 13.8 Å². The Morgan fingerprint density at radius 3 is 2.11 bits per heavy atom. The van der Waals surface area contributed by atoms with Crippen LogP contribution in [0.5, 0.6) is 0 Å². The van der Waals surface area contributed by atoms with Gasteiger partial charge in [0.15, 0.2) is 0 Å². The Hall–Kier alpha value is -0.470. The highest BCUT2D eigenvalue weighted by Gasteiger charge is 2.38. The lowest BCUT2D eigenvalue weighted by Gasteiger charge is -2.36. The molecule has 0 aliphatic heterocycles. The molecule has 2 unspecified atom stereocenters. The highest BCUT2D eigenvalue weighted by atomic mass is 31.2. The molecule has 3 N–H and O–H groups in total. The largest absolute Gasteiger partial charge is 0.471 e. The second kappa shape index (κ2) is 13.7. The second-order valence-corrected chi connectivity index (χ2v) is 8.36. The Labute approximate surface area is 162 Å². The van der Waals surface area contributed by atoms with Gasteiger partial charge in [0, 0.05) is 25.2 Å². The van der Waals surface area contributed by atoms with Crippen molar-refractivity contribution >= 4 is 14.4 Å². The number of alkyl halides is 3. The van der Waals surface area contributed by atoms with Crippen LogP contribution in [-0.4, -0.2) is 54.6 Å². The van der Waals surface area contributed by atoms with Gasteiger partial charge >= 0.3 is 12.1 Å². The van der Waals surface area contributed by atoms with Crippen LogP contribution in [0.25, 0.3) is 0 Å². The summed E-state index contributed by atoms with van der Waals surface area (Å²) in [5.41, 5.74) is 5.65. The number of hydrogen-bond acceptors (Lipinski definition) is 5. The number of halogens is 3. The van der Waals surface area contributed by atoms with Gasteiger partial charge in [-0.3, -0.25) is 4.79 Å². The fourth-order valence-electron chi connectivity index (χ4n) is 2.35. The van der Waals surface area contributed by atoms with Crippen molar-refractivity contribution in [3.8, 4) is 0 Å². The molecule has 27 heavy (non-hydrogen) atoms.